The summed E-state index contributed by atoms with van der Waals surface area (Å²) in [6.07, 6.45) is 7.47. The Kier molecular flexibility index (Phi) is 6.31. The van der Waals surface area contributed by atoms with E-state index in [1.807, 2.05) is 35.1 Å². The molecule has 0 radical (unpaired) electrons. The second-order valence-electron chi connectivity index (χ2n) is 9.58. The fraction of sp³-hybridized carbons (Fsp3) is 0.250. The molecule has 0 saturated carbocycles. The molecular formula is C28H25N7O4. The van der Waals surface area contributed by atoms with Crippen molar-refractivity contribution in [3.63, 3.8) is 0 Å². The smallest absolute Gasteiger partial charge is 0.262 e. The summed E-state index contributed by atoms with van der Waals surface area (Å²) in [5, 5.41) is 9.95. The number of fused-ring (bicyclic) bond motifs is 2. The Bertz CT molecular complexity index is 1630. The van der Waals surface area contributed by atoms with Crippen molar-refractivity contribution in [3.8, 4) is 11.3 Å². The maximum absolute atomic E-state index is 13.0. The average molecular weight is 524 g/mol. The monoisotopic (exact) mass is 523 g/mol. The molecule has 11 nitrogen and oxygen atoms in total. The lowest BCUT2D eigenvalue weighted by atomic mass is 10.0. The molecule has 0 spiro atoms. The van der Waals surface area contributed by atoms with Gasteiger partial charge in [0.1, 0.15) is 6.04 Å². The maximum atomic E-state index is 13.0. The third-order valence-electron chi connectivity index (χ3n) is 6.96. The molecule has 196 valence electrons. The number of para-hydroxylation sites is 2. The van der Waals surface area contributed by atoms with Crippen molar-refractivity contribution in [3.05, 3.63) is 72.2 Å². The molecule has 4 amide bonds. The number of aromatic nitrogens is 4. The highest BCUT2D eigenvalue weighted by atomic mass is 16.2. The number of carbonyl (C=O) groups is 4. The largest absolute Gasteiger partial charge is 0.385 e. The lowest BCUT2D eigenvalue weighted by Gasteiger charge is -2.27. The van der Waals surface area contributed by atoms with Crippen molar-refractivity contribution < 1.29 is 19.2 Å². The van der Waals surface area contributed by atoms with Crippen LogP contribution in [0.5, 0.6) is 0 Å². The van der Waals surface area contributed by atoms with E-state index in [1.54, 1.807) is 30.6 Å². The SMILES string of the molecule is O=C1CCC(N2C(=O)c3ccc(NCCCCn4cc(-c5cnc6ccccc6n5)cn4)cc3C2=O)C(=O)N1. The van der Waals surface area contributed by atoms with Crippen molar-refractivity contribution in [2.45, 2.75) is 38.3 Å². The van der Waals surface area contributed by atoms with Gasteiger partial charge in [-0.1, -0.05) is 12.1 Å². The first-order valence-electron chi connectivity index (χ1n) is 12.8. The van der Waals surface area contributed by atoms with Crippen LogP contribution in [-0.2, 0) is 16.1 Å². The summed E-state index contributed by atoms with van der Waals surface area (Å²) < 4.78 is 1.88. The number of hydrogen-bond donors (Lipinski definition) is 2. The number of nitrogens with zero attached hydrogens (tertiary/aromatic N) is 5. The highest BCUT2D eigenvalue weighted by molar-refractivity contribution is 6.23. The number of anilines is 1. The summed E-state index contributed by atoms with van der Waals surface area (Å²) in [5.74, 6) is -2.04. The fourth-order valence-electron chi connectivity index (χ4n) is 4.93. The minimum Gasteiger partial charge on any atom is -0.385 e. The molecule has 2 aromatic carbocycles. The third-order valence-corrected chi connectivity index (χ3v) is 6.96. The van der Waals surface area contributed by atoms with Crippen molar-refractivity contribution in [2.24, 2.45) is 0 Å². The molecule has 2 aliphatic heterocycles. The molecule has 0 bridgehead atoms. The normalized spacial score (nSPS) is 17.0. The van der Waals surface area contributed by atoms with E-state index in [0.717, 1.165) is 52.3 Å². The van der Waals surface area contributed by atoms with Crippen LogP contribution in [0.2, 0.25) is 0 Å². The molecule has 2 N–H and O–H groups in total. The van der Waals surface area contributed by atoms with Crippen molar-refractivity contribution in [1.82, 2.24) is 30.0 Å². The molecule has 1 unspecified atom stereocenters. The van der Waals surface area contributed by atoms with Gasteiger partial charge in [0.25, 0.3) is 11.8 Å². The van der Waals surface area contributed by atoms with E-state index in [9.17, 15) is 19.2 Å². The van der Waals surface area contributed by atoms with Crippen molar-refractivity contribution in [2.75, 3.05) is 11.9 Å². The lowest BCUT2D eigenvalue weighted by Crippen LogP contribution is -2.54. The van der Waals surface area contributed by atoms with Gasteiger partial charge in [-0.25, -0.2) is 4.98 Å². The van der Waals surface area contributed by atoms with E-state index in [-0.39, 0.29) is 24.0 Å². The number of hydrogen-bond acceptors (Lipinski definition) is 8. The lowest BCUT2D eigenvalue weighted by molar-refractivity contribution is -0.136. The topological polar surface area (TPSA) is 139 Å². The summed E-state index contributed by atoms with van der Waals surface area (Å²) in [5.41, 5.74) is 4.63. The Labute approximate surface area is 223 Å². The van der Waals surface area contributed by atoms with Gasteiger partial charge in [0.2, 0.25) is 11.8 Å². The standard InChI is InChI=1S/C28H25N7O4/c36-25-10-9-24(26(37)33-25)35-27(38)19-8-7-18(13-20(19)28(35)39)29-11-3-4-12-34-16-17(14-31-34)23-15-30-21-5-1-2-6-22(21)32-23/h1-2,5-8,13-16,24,29H,3-4,9-12H2,(H,33,36,37). The second kappa shape index (κ2) is 10.1. The van der Waals surface area contributed by atoms with Gasteiger partial charge in [-0.2, -0.15) is 5.10 Å². The van der Waals surface area contributed by atoms with Crippen LogP contribution >= 0.6 is 0 Å². The predicted octanol–water partition coefficient (Wildman–Crippen LogP) is 2.79. The van der Waals surface area contributed by atoms with Gasteiger partial charge in [0.05, 0.1) is 40.2 Å². The number of benzene rings is 2. The first-order chi connectivity index (χ1) is 19.0. The Hall–Kier alpha value is -4.93. The minimum atomic E-state index is -0.970. The summed E-state index contributed by atoms with van der Waals surface area (Å²) >= 11 is 0. The third kappa shape index (κ3) is 4.74. The zero-order valence-corrected chi connectivity index (χ0v) is 21.0. The van der Waals surface area contributed by atoms with E-state index in [0.29, 0.717) is 6.54 Å². The van der Waals surface area contributed by atoms with Crippen molar-refractivity contribution >= 4 is 40.3 Å². The number of amides is 4. The summed E-state index contributed by atoms with van der Waals surface area (Å²) in [6.45, 7) is 1.41. The van der Waals surface area contributed by atoms with Crippen LogP contribution in [0.3, 0.4) is 0 Å². The van der Waals surface area contributed by atoms with Gasteiger partial charge in [-0.05, 0) is 49.6 Å². The molecule has 6 rings (SSSR count). The molecule has 2 aromatic heterocycles. The number of carbonyl (C=O) groups excluding carboxylic acids is 4. The summed E-state index contributed by atoms with van der Waals surface area (Å²) in [6, 6.07) is 11.8. The minimum absolute atomic E-state index is 0.0913. The van der Waals surface area contributed by atoms with E-state index in [2.05, 4.69) is 25.7 Å². The first-order valence-corrected chi connectivity index (χ1v) is 12.8. The van der Waals surface area contributed by atoms with Crippen LogP contribution in [-0.4, -0.2) is 60.9 Å². The molecule has 4 heterocycles. The van der Waals surface area contributed by atoms with Gasteiger partial charge in [0, 0.05) is 37.0 Å². The quantitative estimate of drug-likeness (QED) is 0.266. The van der Waals surface area contributed by atoms with Crippen LogP contribution in [0.25, 0.3) is 22.3 Å². The Morgan fingerprint density at radius 1 is 0.949 bits per heavy atom. The number of rotatable bonds is 8. The van der Waals surface area contributed by atoms with Gasteiger partial charge in [-0.3, -0.25) is 39.1 Å². The van der Waals surface area contributed by atoms with Crippen LogP contribution in [0.15, 0.2) is 61.1 Å². The molecule has 1 atom stereocenters. The Morgan fingerprint density at radius 2 is 1.77 bits per heavy atom. The van der Waals surface area contributed by atoms with Crippen LogP contribution in [0, 0.1) is 0 Å². The van der Waals surface area contributed by atoms with Crippen LogP contribution < -0.4 is 10.6 Å². The summed E-state index contributed by atoms with van der Waals surface area (Å²) in [4.78, 5) is 59.6. The second-order valence-corrected chi connectivity index (χ2v) is 9.58. The van der Waals surface area contributed by atoms with E-state index in [1.165, 1.54) is 0 Å². The first kappa shape index (κ1) is 24.4. The fourth-order valence-corrected chi connectivity index (χ4v) is 4.93. The maximum Gasteiger partial charge on any atom is 0.262 e. The van der Waals surface area contributed by atoms with Gasteiger partial charge in [-0.15, -0.1) is 0 Å². The zero-order chi connectivity index (χ0) is 26.9. The highest BCUT2D eigenvalue weighted by Crippen LogP contribution is 2.29. The predicted molar refractivity (Wildman–Crippen MR) is 142 cm³/mol. The van der Waals surface area contributed by atoms with E-state index < -0.39 is 29.7 Å². The molecule has 11 heteroatoms. The number of aryl methyl sites for hydroxylation is 1. The molecule has 39 heavy (non-hydrogen) atoms. The number of nitrogens with one attached hydrogen (secondary N) is 2. The zero-order valence-electron chi connectivity index (χ0n) is 21.0. The van der Waals surface area contributed by atoms with Gasteiger partial charge < -0.3 is 5.32 Å². The van der Waals surface area contributed by atoms with E-state index >= 15 is 0 Å². The molecule has 1 fully saturated rings. The molecule has 4 aromatic rings. The van der Waals surface area contributed by atoms with E-state index in [4.69, 9.17) is 0 Å². The number of unbranched alkanes of at least 4 members (excludes halogenated alkanes) is 1. The molecule has 1 saturated heterocycles. The molecular weight excluding hydrogens is 498 g/mol. The number of imide groups is 2. The van der Waals surface area contributed by atoms with Crippen LogP contribution in [0.1, 0.15) is 46.4 Å². The average Bonchev–Trinajstić information content (AvgIpc) is 3.51. The van der Waals surface area contributed by atoms with Crippen molar-refractivity contribution in [1.29, 1.82) is 0 Å². The van der Waals surface area contributed by atoms with Crippen LogP contribution in [0.4, 0.5) is 5.69 Å². The highest BCUT2D eigenvalue weighted by Gasteiger charge is 2.44. The summed E-state index contributed by atoms with van der Waals surface area (Å²) in [7, 11) is 0. The Balaban J connectivity index is 1.02. The Morgan fingerprint density at radius 3 is 2.62 bits per heavy atom. The van der Waals surface area contributed by atoms with Gasteiger partial charge >= 0.3 is 0 Å². The molecule has 2 aliphatic rings. The van der Waals surface area contributed by atoms with Gasteiger partial charge in [0.15, 0.2) is 0 Å². The molecule has 0 aliphatic carbocycles. The number of piperidine rings is 1.